The predicted molar refractivity (Wildman–Crippen MR) is 69.3 cm³/mol. The molecule has 1 heterocycles. The van der Waals surface area contributed by atoms with Gasteiger partial charge in [-0.3, -0.25) is 5.84 Å². The maximum absolute atomic E-state index is 14.1. The van der Waals surface area contributed by atoms with Crippen LogP contribution in [0.2, 0.25) is 0 Å². The average molecular weight is 268 g/mol. The lowest BCUT2D eigenvalue weighted by molar-refractivity contribution is 0.509. The van der Waals surface area contributed by atoms with Crippen LogP contribution >= 0.6 is 11.3 Å². The molecular formula is C13H14F2N2S. The number of hydrogen-bond acceptors (Lipinski definition) is 3. The van der Waals surface area contributed by atoms with E-state index in [4.69, 9.17) is 5.84 Å². The summed E-state index contributed by atoms with van der Waals surface area (Å²) in [5.74, 6) is 4.31. The highest BCUT2D eigenvalue weighted by molar-refractivity contribution is 7.12. The highest BCUT2D eigenvalue weighted by atomic mass is 32.1. The summed E-state index contributed by atoms with van der Waals surface area (Å²) in [5, 5.41) is 0. The number of benzene rings is 1. The van der Waals surface area contributed by atoms with E-state index in [1.807, 2.05) is 19.1 Å². The number of rotatable bonds is 3. The maximum Gasteiger partial charge on any atom is 0.134 e. The molecule has 0 saturated carbocycles. The summed E-state index contributed by atoms with van der Waals surface area (Å²) in [7, 11) is 0. The molecule has 1 aromatic carbocycles. The highest BCUT2D eigenvalue weighted by Crippen LogP contribution is 2.31. The summed E-state index contributed by atoms with van der Waals surface area (Å²) in [6.45, 7) is 3.54. The monoisotopic (exact) mass is 268 g/mol. The van der Waals surface area contributed by atoms with E-state index in [-0.39, 0.29) is 5.56 Å². The molecule has 0 saturated heterocycles. The van der Waals surface area contributed by atoms with Gasteiger partial charge in [0.2, 0.25) is 0 Å². The second-order valence-corrected chi connectivity index (χ2v) is 5.46. The van der Waals surface area contributed by atoms with E-state index in [0.717, 1.165) is 9.75 Å². The third-order valence-corrected chi connectivity index (χ3v) is 3.89. The molecule has 1 atom stereocenters. The van der Waals surface area contributed by atoms with Crippen molar-refractivity contribution in [1.29, 1.82) is 0 Å². The second kappa shape index (κ2) is 5.14. The predicted octanol–water partition coefficient (Wildman–Crippen LogP) is 3.20. The zero-order chi connectivity index (χ0) is 13.3. The number of halogens is 2. The molecule has 1 unspecified atom stereocenters. The van der Waals surface area contributed by atoms with Gasteiger partial charge in [-0.05, 0) is 37.6 Å². The molecule has 5 heteroatoms. The van der Waals surface area contributed by atoms with Crippen molar-refractivity contribution in [3.8, 4) is 0 Å². The molecule has 0 fully saturated rings. The molecule has 2 aromatic rings. The van der Waals surface area contributed by atoms with Crippen LogP contribution in [0.1, 0.15) is 26.9 Å². The Morgan fingerprint density at radius 3 is 2.44 bits per heavy atom. The number of hydrogen-bond donors (Lipinski definition) is 2. The van der Waals surface area contributed by atoms with Gasteiger partial charge in [-0.15, -0.1) is 11.3 Å². The van der Waals surface area contributed by atoms with Crippen molar-refractivity contribution < 1.29 is 8.78 Å². The molecule has 1 aromatic heterocycles. The molecule has 0 spiro atoms. The zero-order valence-corrected chi connectivity index (χ0v) is 10.9. The van der Waals surface area contributed by atoms with E-state index in [1.165, 1.54) is 23.5 Å². The van der Waals surface area contributed by atoms with E-state index >= 15 is 0 Å². The fourth-order valence-corrected chi connectivity index (χ4v) is 2.81. The van der Waals surface area contributed by atoms with Crippen LogP contribution in [0.4, 0.5) is 8.78 Å². The Kier molecular flexibility index (Phi) is 3.75. The van der Waals surface area contributed by atoms with Crippen molar-refractivity contribution in [2.75, 3.05) is 0 Å². The molecule has 18 heavy (non-hydrogen) atoms. The van der Waals surface area contributed by atoms with Crippen molar-refractivity contribution in [3.05, 3.63) is 56.8 Å². The SMILES string of the molecule is Cc1ccc(C(NN)c2c(F)ccc(C)c2F)s1. The van der Waals surface area contributed by atoms with Gasteiger partial charge < -0.3 is 0 Å². The minimum Gasteiger partial charge on any atom is -0.271 e. The van der Waals surface area contributed by atoms with Crippen LogP contribution in [0.3, 0.4) is 0 Å². The zero-order valence-electron chi connectivity index (χ0n) is 10.1. The summed E-state index contributed by atoms with van der Waals surface area (Å²) in [4.78, 5) is 1.86. The first kappa shape index (κ1) is 13.1. The van der Waals surface area contributed by atoms with E-state index in [0.29, 0.717) is 5.56 Å². The molecule has 0 amide bonds. The van der Waals surface area contributed by atoms with Gasteiger partial charge in [0.1, 0.15) is 11.6 Å². The van der Waals surface area contributed by atoms with E-state index in [1.54, 1.807) is 6.92 Å². The molecule has 2 rings (SSSR count). The van der Waals surface area contributed by atoms with Gasteiger partial charge in [0, 0.05) is 15.3 Å². The summed E-state index contributed by atoms with van der Waals surface area (Å²) in [6, 6.07) is 5.74. The first-order valence-electron chi connectivity index (χ1n) is 5.51. The first-order valence-corrected chi connectivity index (χ1v) is 6.33. The van der Waals surface area contributed by atoms with Gasteiger partial charge >= 0.3 is 0 Å². The lowest BCUT2D eigenvalue weighted by Gasteiger charge is -2.17. The summed E-state index contributed by atoms with van der Waals surface area (Å²) in [6.07, 6.45) is 0. The second-order valence-electron chi connectivity index (χ2n) is 4.14. The Balaban J connectivity index is 2.55. The number of nitrogens with one attached hydrogen (secondary N) is 1. The van der Waals surface area contributed by atoms with Crippen molar-refractivity contribution in [2.24, 2.45) is 5.84 Å². The molecule has 0 aliphatic heterocycles. The number of hydrazine groups is 1. The topological polar surface area (TPSA) is 38.0 Å². The van der Waals surface area contributed by atoms with Crippen LogP contribution in [-0.2, 0) is 0 Å². The molecule has 0 aliphatic rings. The minimum absolute atomic E-state index is 0.0284. The highest BCUT2D eigenvalue weighted by Gasteiger charge is 2.23. The van der Waals surface area contributed by atoms with Crippen molar-refractivity contribution in [2.45, 2.75) is 19.9 Å². The Hall–Kier alpha value is -1.30. The number of aryl methyl sites for hydroxylation is 2. The lowest BCUT2D eigenvalue weighted by atomic mass is 10.0. The number of nitrogens with two attached hydrogens (primary N) is 1. The van der Waals surface area contributed by atoms with Gasteiger partial charge in [0.25, 0.3) is 0 Å². The van der Waals surface area contributed by atoms with Crippen molar-refractivity contribution in [3.63, 3.8) is 0 Å². The fraction of sp³-hybridized carbons (Fsp3) is 0.231. The van der Waals surface area contributed by atoms with Crippen LogP contribution in [0, 0.1) is 25.5 Å². The van der Waals surface area contributed by atoms with Gasteiger partial charge in [-0.1, -0.05) is 6.07 Å². The molecule has 2 nitrogen and oxygen atoms in total. The molecule has 0 bridgehead atoms. The van der Waals surface area contributed by atoms with Crippen LogP contribution < -0.4 is 11.3 Å². The Morgan fingerprint density at radius 1 is 1.17 bits per heavy atom. The van der Waals surface area contributed by atoms with E-state index in [9.17, 15) is 8.78 Å². The number of thiophene rings is 1. The van der Waals surface area contributed by atoms with Crippen molar-refractivity contribution in [1.82, 2.24) is 5.43 Å². The van der Waals surface area contributed by atoms with Gasteiger partial charge in [-0.2, -0.15) is 0 Å². The van der Waals surface area contributed by atoms with E-state index in [2.05, 4.69) is 5.43 Å². The van der Waals surface area contributed by atoms with Gasteiger partial charge in [-0.25, -0.2) is 14.2 Å². The third kappa shape index (κ3) is 2.29. The fourth-order valence-electron chi connectivity index (χ4n) is 1.86. The van der Waals surface area contributed by atoms with Crippen LogP contribution in [0.25, 0.3) is 0 Å². The van der Waals surface area contributed by atoms with Gasteiger partial charge in [0.05, 0.1) is 6.04 Å². The van der Waals surface area contributed by atoms with Crippen molar-refractivity contribution >= 4 is 11.3 Å². The lowest BCUT2D eigenvalue weighted by Crippen LogP contribution is -2.30. The third-order valence-electron chi connectivity index (χ3n) is 2.82. The maximum atomic E-state index is 14.1. The first-order chi connectivity index (χ1) is 8.54. The standard InChI is InChI=1S/C13H14F2N2S/c1-7-3-5-9(14)11(12(7)15)13(17-16)10-6-4-8(2)18-10/h3-6,13,17H,16H2,1-2H3. The summed E-state index contributed by atoms with van der Waals surface area (Å²) < 4.78 is 27.9. The summed E-state index contributed by atoms with van der Waals surface area (Å²) in [5.41, 5.74) is 2.86. The Labute approximate surface area is 108 Å². The van der Waals surface area contributed by atoms with E-state index < -0.39 is 17.7 Å². The Bertz CT molecular complexity index is 566. The van der Waals surface area contributed by atoms with Crippen LogP contribution in [0.15, 0.2) is 24.3 Å². The van der Waals surface area contributed by atoms with Crippen LogP contribution in [0.5, 0.6) is 0 Å². The molecule has 0 aliphatic carbocycles. The minimum atomic E-state index is -0.663. The molecule has 96 valence electrons. The Morgan fingerprint density at radius 2 is 1.89 bits per heavy atom. The van der Waals surface area contributed by atoms with Crippen LogP contribution in [-0.4, -0.2) is 0 Å². The average Bonchev–Trinajstić information content (AvgIpc) is 2.76. The molecule has 0 radical (unpaired) electrons. The summed E-state index contributed by atoms with van der Waals surface area (Å²) >= 11 is 1.46. The largest absolute Gasteiger partial charge is 0.271 e. The normalized spacial score (nSPS) is 12.7. The molecular weight excluding hydrogens is 254 g/mol. The molecule has 3 N–H and O–H groups in total. The quantitative estimate of drug-likeness (QED) is 0.662. The van der Waals surface area contributed by atoms with Gasteiger partial charge in [0.15, 0.2) is 0 Å². The smallest absolute Gasteiger partial charge is 0.134 e.